The highest BCUT2D eigenvalue weighted by Gasteiger charge is 2.26. The first-order valence-corrected chi connectivity index (χ1v) is 4.57. The van der Waals surface area contributed by atoms with Crippen LogP contribution in [0.2, 0.25) is 0 Å². The quantitative estimate of drug-likeness (QED) is 0.682. The van der Waals surface area contributed by atoms with E-state index in [-0.39, 0.29) is 24.3 Å². The van der Waals surface area contributed by atoms with Crippen molar-refractivity contribution in [2.75, 3.05) is 0 Å². The molecule has 2 atom stereocenters. The van der Waals surface area contributed by atoms with Gasteiger partial charge in [0.2, 0.25) is 5.91 Å². The highest BCUT2D eigenvalue weighted by atomic mass is 16.4. The van der Waals surface area contributed by atoms with E-state index in [0.29, 0.717) is 0 Å². The standard InChI is InChI=1S/C9H15NO3/c1-6(11)10-8-3-2-7(4-8)5-9(12)13/h7-8H,2-5H2,1H3,(H,10,11)(H,12,13)/t7-,8-/m1/s1. The topological polar surface area (TPSA) is 66.4 Å². The van der Waals surface area contributed by atoms with Crippen LogP contribution in [-0.2, 0) is 9.59 Å². The maximum Gasteiger partial charge on any atom is 0.303 e. The van der Waals surface area contributed by atoms with Gasteiger partial charge in [0.15, 0.2) is 0 Å². The van der Waals surface area contributed by atoms with Crippen molar-refractivity contribution < 1.29 is 14.7 Å². The molecule has 4 heteroatoms. The minimum absolute atomic E-state index is 0.0269. The largest absolute Gasteiger partial charge is 0.481 e. The molecule has 0 unspecified atom stereocenters. The molecule has 1 aliphatic rings. The van der Waals surface area contributed by atoms with Crippen molar-refractivity contribution >= 4 is 11.9 Å². The second-order valence-electron chi connectivity index (χ2n) is 3.67. The SMILES string of the molecule is CC(=O)N[C@@H]1CC[C@@H](CC(=O)O)C1. The lowest BCUT2D eigenvalue weighted by Crippen LogP contribution is -2.30. The number of nitrogens with one attached hydrogen (secondary N) is 1. The molecule has 1 amide bonds. The zero-order valence-corrected chi connectivity index (χ0v) is 7.75. The van der Waals surface area contributed by atoms with Gasteiger partial charge in [0, 0.05) is 19.4 Å². The number of aliphatic carboxylic acids is 1. The van der Waals surface area contributed by atoms with E-state index in [4.69, 9.17) is 5.11 Å². The first-order valence-electron chi connectivity index (χ1n) is 4.57. The van der Waals surface area contributed by atoms with E-state index in [1.54, 1.807) is 0 Å². The van der Waals surface area contributed by atoms with E-state index < -0.39 is 5.97 Å². The number of amides is 1. The Hall–Kier alpha value is -1.06. The molecule has 0 aliphatic heterocycles. The van der Waals surface area contributed by atoms with E-state index in [1.165, 1.54) is 6.92 Å². The van der Waals surface area contributed by atoms with Crippen LogP contribution in [0.15, 0.2) is 0 Å². The summed E-state index contributed by atoms with van der Waals surface area (Å²) >= 11 is 0. The molecule has 2 N–H and O–H groups in total. The van der Waals surface area contributed by atoms with Gasteiger partial charge in [0.05, 0.1) is 0 Å². The van der Waals surface area contributed by atoms with Crippen molar-refractivity contribution in [3.05, 3.63) is 0 Å². The Morgan fingerprint density at radius 2 is 2.15 bits per heavy atom. The maximum absolute atomic E-state index is 10.7. The molecule has 1 rings (SSSR count). The Labute approximate surface area is 77.3 Å². The van der Waals surface area contributed by atoms with Gasteiger partial charge in [-0.3, -0.25) is 9.59 Å². The summed E-state index contributed by atoms with van der Waals surface area (Å²) in [7, 11) is 0. The zero-order chi connectivity index (χ0) is 9.84. The fraction of sp³-hybridized carbons (Fsp3) is 0.778. The van der Waals surface area contributed by atoms with Crippen LogP contribution < -0.4 is 5.32 Å². The highest BCUT2D eigenvalue weighted by molar-refractivity contribution is 5.73. The molecule has 0 aromatic heterocycles. The summed E-state index contributed by atoms with van der Waals surface area (Å²) in [4.78, 5) is 21.1. The first kappa shape index (κ1) is 10.0. The molecule has 0 spiro atoms. The lowest BCUT2D eigenvalue weighted by Gasteiger charge is -2.10. The van der Waals surface area contributed by atoms with Gasteiger partial charge in [-0.15, -0.1) is 0 Å². The van der Waals surface area contributed by atoms with Gasteiger partial charge < -0.3 is 10.4 Å². The molecule has 4 nitrogen and oxygen atoms in total. The average molecular weight is 185 g/mol. The molecule has 1 aliphatic carbocycles. The normalized spacial score (nSPS) is 27.2. The van der Waals surface area contributed by atoms with Gasteiger partial charge in [-0.2, -0.15) is 0 Å². The lowest BCUT2D eigenvalue weighted by molar-refractivity contribution is -0.138. The predicted octanol–water partition coefficient (Wildman–Crippen LogP) is 0.766. The van der Waals surface area contributed by atoms with Crippen molar-refractivity contribution in [2.24, 2.45) is 5.92 Å². The van der Waals surface area contributed by atoms with Crippen LogP contribution in [0.4, 0.5) is 0 Å². The van der Waals surface area contributed by atoms with E-state index in [2.05, 4.69) is 5.32 Å². The van der Waals surface area contributed by atoms with Crippen LogP contribution in [0.25, 0.3) is 0 Å². The number of carboxylic acid groups (broad SMARTS) is 1. The molecule has 0 aromatic rings. The zero-order valence-electron chi connectivity index (χ0n) is 7.75. The minimum atomic E-state index is -0.742. The predicted molar refractivity (Wildman–Crippen MR) is 47.2 cm³/mol. The smallest absolute Gasteiger partial charge is 0.303 e. The number of hydrogen-bond acceptors (Lipinski definition) is 2. The maximum atomic E-state index is 10.7. The Kier molecular flexibility index (Phi) is 3.28. The minimum Gasteiger partial charge on any atom is -0.481 e. The van der Waals surface area contributed by atoms with Crippen molar-refractivity contribution in [2.45, 2.75) is 38.6 Å². The van der Waals surface area contributed by atoms with E-state index in [1.807, 2.05) is 0 Å². The summed E-state index contributed by atoms with van der Waals surface area (Å²) in [6, 6.07) is 0.196. The monoisotopic (exact) mass is 185 g/mol. The molecule has 0 heterocycles. The van der Waals surface area contributed by atoms with Crippen molar-refractivity contribution in [1.82, 2.24) is 5.32 Å². The Morgan fingerprint density at radius 3 is 2.69 bits per heavy atom. The van der Waals surface area contributed by atoms with E-state index >= 15 is 0 Å². The Balaban J connectivity index is 2.27. The average Bonchev–Trinajstić information content (AvgIpc) is 2.33. The number of carbonyl (C=O) groups excluding carboxylic acids is 1. The Bertz CT molecular complexity index is 193. The van der Waals surface area contributed by atoms with Gasteiger partial charge in [-0.05, 0) is 25.2 Å². The van der Waals surface area contributed by atoms with Gasteiger partial charge in [0.25, 0.3) is 0 Å². The van der Waals surface area contributed by atoms with Crippen LogP contribution in [0.1, 0.15) is 32.6 Å². The summed E-state index contributed by atoms with van der Waals surface area (Å²) in [5.74, 6) is -0.524. The molecular formula is C9H15NO3. The second kappa shape index (κ2) is 4.25. The summed E-state index contributed by atoms with van der Waals surface area (Å²) < 4.78 is 0. The van der Waals surface area contributed by atoms with Crippen molar-refractivity contribution in [3.8, 4) is 0 Å². The number of hydrogen-bond donors (Lipinski definition) is 2. The summed E-state index contributed by atoms with van der Waals surface area (Å²) in [6.07, 6.45) is 2.87. The van der Waals surface area contributed by atoms with E-state index in [0.717, 1.165) is 19.3 Å². The summed E-state index contributed by atoms with van der Waals surface area (Å²) in [5, 5.41) is 11.4. The lowest BCUT2D eigenvalue weighted by atomic mass is 10.0. The van der Waals surface area contributed by atoms with Crippen LogP contribution in [0.5, 0.6) is 0 Å². The molecule has 13 heavy (non-hydrogen) atoms. The molecule has 1 saturated carbocycles. The molecular weight excluding hydrogens is 170 g/mol. The van der Waals surface area contributed by atoms with Gasteiger partial charge in [-0.25, -0.2) is 0 Å². The fourth-order valence-corrected chi connectivity index (χ4v) is 1.93. The molecule has 0 aromatic carbocycles. The number of carboxylic acids is 1. The third-order valence-electron chi connectivity index (χ3n) is 2.41. The molecule has 0 bridgehead atoms. The van der Waals surface area contributed by atoms with Crippen LogP contribution in [-0.4, -0.2) is 23.0 Å². The first-order chi connectivity index (χ1) is 6.08. The van der Waals surface area contributed by atoms with Gasteiger partial charge in [-0.1, -0.05) is 0 Å². The second-order valence-corrected chi connectivity index (χ2v) is 3.67. The van der Waals surface area contributed by atoms with Crippen LogP contribution in [0, 0.1) is 5.92 Å². The third-order valence-corrected chi connectivity index (χ3v) is 2.41. The third kappa shape index (κ3) is 3.44. The Morgan fingerprint density at radius 1 is 1.46 bits per heavy atom. The van der Waals surface area contributed by atoms with Crippen LogP contribution >= 0.6 is 0 Å². The number of rotatable bonds is 3. The van der Waals surface area contributed by atoms with Crippen molar-refractivity contribution in [1.29, 1.82) is 0 Å². The van der Waals surface area contributed by atoms with Gasteiger partial charge >= 0.3 is 5.97 Å². The van der Waals surface area contributed by atoms with Crippen molar-refractivity contribution in [3.63, 3.8) is 0 Å². The fourth-order valence-electron chi connectivity index (χ4n) is 1.93. The summed E-state index contributed by atoms with van der Waals surface area (Å²) in [6.45, 7) is 1.49. The summed E-state index contributed by atoms with van der Waals surface area (Å²) in [5.41, 5.74) is 0. The number of carbonyl (C=O) groups is 2. The molecule has 74 valence electrons. The van der Waals surface area contributed by atoms with Crippen LogP contribution in [0.3, 0.4) is 0 Å². The molecule has 1 fully saturated rings. The van der Waals surface area contributed by atoms with E-state index in [9.17, 15) is 9.59 Å². The highest BCUT2D eigenvalue weighted by Crippen LogP contribution is 2.27. The molecule has 0 saturated heterocycles. The van der Waals surface area contributed by atoms with Gasteiger partial charge in [0.1, 0.15) is 0 Å². The molecule has 0 radical (unpaired) electrons.